The molecule has 1 fully saturated rings. The molecule has 166 valence electrons. The molecule has 32 heavy (non-hydrogen) atoms. The zero-order chi connectivity index (χ0) is 22.5. The van der Waals surface area contributed by atoms with Crippen LogP contribution in [0.15, 0.2) is 30.7 Å². The normalized spacial score (nSPS) is 14.4. The number of fused-ring (bicyclic) bond motifs is 1. The fourth-order valence-corrected chi connectivity index (χ4v) is 3.57. The number of ether oxygens (including phenoxy) is 1. The molecule has 1 saturated heterocycles. The van der Waals surface area contributed by atoms with Gasteiger partial charge in [0.1, 0.15) is 6.07 Å². The lowest BCUT2D eigenvalue weighted by Crippen LogP contribution is -2.41. The second kappa shape index (κ2) is 9.72. The number of nitrogens with one attached hydrogen (secondary N) is 2. The van der Waals surface area contributed by atoms with E-state index in [1.807, 2.05) is 13.8 Å². The molecule has 10 heteroatoms. The Kier molecular flexibility index (Phi) is 6.58. The van der Waals surface area contributed by atoms with E-state index in [2.05, 4.69) is 36.7 Å². The number of amides is 1. The average Bonchev–Trinajstić information content (AvgIpc) is 3.22. The molecule has 1 amide bonds. The summed E-state index contributed by atoms with van der Waals surface area (Å²) in [6.07, 6.45) is 4.71. The van der Waals surface area contributed by atoms with Crippen molar-refractivity contribution in [3.8, 4) is 11.9 Å². The maximum atomic E-state index is 12.9. The fraction of sp³-hybridized carbons (Fsp3) is 0.409. The van der Waals surface area contributed by atoms with E-state index in [4.69, 9.17) is 10.00 Å². The Morgan fingerprint density at radius 3 is 2.78 bits per heavy atom. The van der Waals surface area contributed by atoms with Gasteiger partial charge in [0.2, 0.25) is 0 Å². The third-order valence-electron chi connectivity index (χ3n) is 5.15. The molecule has 0 radical (unpaired) electrons. The molecule has 0 aliphatic carbocycles. The van der Waals surface area contributed by atoms with Gasteiger partial charge in [0.25, 0.3) is 5.91 Å². The molecule has 3 aromatic heterocycles. The zero-order valence-corrected chi connectivity index (χ0v) is 18.2. The molecule has 2 N–H and O–H groups in total. The Balaban J connectivity index is 1.55. The summed E-state index contributed by atoms with van der Waals surface area (Å²) in [4.78, 5) is 24.0. The van der Waals surface area contributed by atoms with Gasteiger partial charge in [-0.2, -0.15) is 15.0 Å². The van der Waals surface area contributed by atoms with Crippen molar-refractivity contribution in [2.75, 3.05) is 44.7 Å². The first-order valence-corrected chi connectivity index (χ1v) is 10.6. The van der Waals surface area contributed by atoms with Crippen molar-refractivity contribution in [3.63, 3.8) is 0 Å². The Bertz CT molecular complexity index is 1140. The van der Waals surface area contributed by atoms with Crippen LogP contribution in [0.3, 0.4) is 0 Å². The number of nitriles is 1. The molecule has 0 spiro atoms. The van der Waals surface area contributed by atoms with Crippen LogP contribution < -0.4 is 10.6 Å². The zero-order valence-electron chi connectivity index (χ0n) is 18.2. The van der Waals surface area contributed by atoms with Gasteiger partial charge in [-0.1, -0.05) is 0 Å². The van der Waals surface area contributed by atoms with Crippen LogP contribution in [0.25, 0.3) is 16.9 Å². The number of carbonyl (C=O) groups excluding carboxylic acids is 1. The minimum absolute atomic E-state index is 0.121. The highest BCUT2D eigenvalue weighted by Gasteiger charge is 2.17. The molecule has 0 bridgehead atoms. The van der Waals surface area contributed by atoms with E-state index < -0.39 is 0 Å². The van der Waals surface area contributed by atoms with Crippen LogP contribution in [0.4, 0.5) is 5.69 Å². The van der Waals surface area contributed by atoms with Gasteiger partial charge >= 0.3 is 0 Å². The molecule has 0 atom stereocenters. The number of morpholine rings is 1. The van der Waals surface area contributed by atoms with Gasteiger partial charge in [-0.15, -0.1) is 0 Å². The van der Waals surface area contributed by atoms with Gasteiger partial charge in [-0.05, 0) is 19.9 Å². The molecule has 10 nitrogen and oxygen atoms in total. The molecule has 4 rings (SSSR count). The summed E-state index contributed by atoms with van der Waals surface area (Å²) in [5.41, 5.74) is 2.21. The van der Waals surface area contributed by atoms with Gasteiger partial charge in [0.15, 0.2) is 11.5 Å². The number of hydrogen-bond donors (Lipinski definition) is 2. The quantitative estimate of drug-likeness (QED) is 0.575. The van der Waals surface area contributed by atoms with Crippen molar-refractivity contribution in [2.45, 2.75) is 19.9 Å². The highest BCUT2D eigenvalue weighted by atomic mass is 16.5. The van der Waals surface area contributed by atoms with Crippen LogP contribution in [0, 0.1) is 11.3 Å². The van der Waals surface area contributed by atoms with Crippen LogP contribution >= 0.6 is 0 Å². The van der Waals surface area contributed by atoms with Gasteiger partial charge in [-0.25, -0.2) is 9.97 Å². The maximum Gasteiger partial charge on any atom is 0.255 e. The first kappa shape index (κ1) is 21.7. The number of nitrogens with zero attached hydrogens (tertiary/aromatic N) is 6. The molecule has 3 aromatic rings. The van der Waals surface area contributed by atoms with Crippen molar-refractivity contribution in [1.29, 1.82) is 5.26 Å². The Morgan fingerprint density at radius 1 is 1.22 bits per heavy atom. The van der Waals surface area contributed by atoms with Crippen molar-refractivity contribution in [1.82, 2.24) is 30.0 Å². The Morgan fingerprint density at radius 2 is 2.03 bits per heavy atom. The summed E-state index contributed by atoms with van der Waals surface area (Å²) in [6, 6.07) is 5.73. The van der Waals surface area contributed by atoms with E-state index in [9.17, 15) is 4.79 Å². The molecular formula is C22H26N8O2. The highest BCUT2D eigenvalue weighted by molar-refractivity contribution is 5.99. The predicted molar refractivity (Wildman–Crippen MR) is 120 cm³/mol. The van der Waals surface area contributed by atoms with Crippen LogP contribution in [-0.4, -0.2) is 76.0 Å². The second-order valence-corrected chi connectivity index (χ2v) is 7.90. The van der Waals surface area contributed by atoms with Crippen LogP contribution in [0.1, 0.15) is 29.8 Å². The molecule has 0 aromatic carbocycles. The Labute approximate surface area is 186 Å². The van der Waals surface area contributed by atoms with Crippen LogP contribution in [0.5, 0.6) is 0 Å². The highest BCUT2D eigenvalue weighted by Crippen LogP contribution is 2.22. The maximum absolute atomic E-state index is 12.9. The van der Waals surface area contributed by atoms with E-state index in [1.165, 1.54) is 6.20 Å². The van der Waals surface area contributed by atoms with Crippen LogP contribution in [-0.2, 0) is 4.74 Å². The van der Waals surface area contributed by atoms with E-state index >= 15 is 0 Å². The molecule has 0 unspecified atom stereocenters. The molecule has 0 saturated carbocycles. The fourth-order valence-electron chi connectivity index (χ4n) is 3.57. The third kappa shape index (κ3) is 4.85. The SMILES string of the molecule is CC(C)Nc1cc(-n2ncc3cc(C#N)cnc32)ncc1C(=O)NCCN1CCOCC1. The molecular weight excluding hydrogens is 408 g/mol. The van der Waals surface area contributed by atoms with E-state index in [0.717, 1.165) is 38.2 Å². The molecule has 1 aliphatic rings. The molecule has 4 heterocycles. The predicted octanol–water partition coefficient (Wildman–Crippen LogP) is 1.57. The molecule has 1 aliphatic heterocycles. The monoisotopic (exact) mass is 434 g/mol. The van der Waals surface area contributed by atoms with Gasteiger partial charge in [0.05, 0.1) is 36.2 Å². The summed E-state index contributed by atoms with van der Waals surface area (Å²) in [7, 11) is 0. The third-order valence-corrected chi connectivity index (χ3v) is 5.15. The first-order valence-electron chi connectivity index (χ1n) is 10.6. The largest absolute Gasteiger partial charge is 0.382 e. The van der Waals surface area contributed by atoms with E-state index in [1.54, 1.807) is 29.2 Å². The lowest BCUT2D eigenvalue weighted by molar-refractivity contribution is 0.0383. The lowest BCUT2D eigenvalue weighted by Gasteiger charge is -2.26. The number of anilines is 1. The van der Waals surface area contributed by atoms with Crippen molar-refractivity contribution in [2.24, 2.45) is 0 Å². The summed E-state index contributed by atoms with van der Waals surface area (Å²) in [5.74, 6) is 0.354. The van der Waals surface area contributed by atoms with Crippen LogP contribution in [0.2, 0.25) is 0 Å². The standard InChI is InChI=1S/C22H26N8O2/c1-15(2)28-19-10-20(30-21-17(13-27-30)9-16(11-23)12-26-21)25-14-18(19)22(31)24-3-4-29-5-7-32-8-6-29/h9-10,12-15H,3-8H2,1-2H3,(H,24,31)(H,25,28). The smallest absolute Gasteiger partial charge is 0.255 e. The van der Waals surface area contributed by atoms with E-state index in [-0.39, 0.29) is 11.9 Å². The number of pyridine rings is 2. The second-order valence-electron chi connectivity index (χ2n) is 7.90. The van der Waals surface area contributed by atoms with E-state index in [0.29, 0.717) is 34.8 Å². The number of hydrogen-bond acceptors (Lipinski definition) is 8. The van der Waals surface area contributed by atoms with Gasteiger partial charge in [0, 0.05) is 56.1 Å². The summed E-state index contributed by atoms with van der Waals surface area (Å²) < 4.78 is 6.96. The minimum atomic E-state index is -0.178. The van der Waals surface area contributed by atoms with Gasteiger partial charge < -0.3 is 15.4 Å². The van der Waals surface area contributed by atoms with Gasteiger partial charge in [-0.3, -0.25) is 9.69 Å². The number of rotatable bonds is 7. The Hall–Kier alpha value is -3.55. The van der Waals surface area contributed by atoms with Crippen molar-refractivity contribution < 1.29 is 9.53 Å². The topological polar surface area (TPSA) is 121 Å². The summed E-state index contributed by atoms with van der Waals surface area (Å²) >= 11 is 0. The van der Waals surface area contributed by atoms with Crippen molar-refractivity contribution >= 4 is 22.6 Å². The summed E-state index contributed by atoms with van der Waals surface area (Å²) in [5, 5.41) is 20.5. The number of carbonyl (C=O) groups is 1. The summed E-state index contributed by atoms with van der Waals surface area (Å²) in [6.45, 7) is 8.58. The first-order chi connectivity index (χ1) is 15.5. The number of aromatic nitrogens is 4. The lowest BCUT2D eigenvalue weighted by atomic mass is 10.2. The minimum Gasteiger partial charge on any atom is -0.382 e. The average molecular weight is 435 g/mol. The van der Waals surface area contributed by atoms with Crippen molar-refractivity contribution in [3.05, 3.63) is 41.9 Å².